The molecule has 0 heterocycles. The molecule has 1 unspecified atom stereocenters. The summed E-state index contributed by atoms with van der Waals surface area (Å²) in [6.45, 7) is 7.11. The summed E-state index contributed by atoms with van der Waals surface area (Å²) in [6, 6.07) is 3.27. The summed E-state index contributed by atoms with van der Waals surface area (Å²) in [4.78, 5) is 11.7. The molecule has 1 aromatic rings. The van der Waals surface area contributed by atoms with E-state index in [-0.39, 0.29) is 11.9 Å². The minimum atomic E-state index is -0.903. The normalized spacial score (nSPS) is 13.3. The number of rotatable bonds is 2. The molecule has 0 spiro atoms. The first kappa shape index (κ1) is 13.6. The molecule has 94 valence electrons. The highest BCUT2D eigenvalue weighted by atomic mass is 19.2. The zero-order valence-electron chi connectivity index (χ0n) is 10.5. The van der Waals surface area contributed by atoms with E-state index in [1.165, 1.54) is 6.07 Å². The molecule has 0 aliphatic rings. The van der Waals surface area contributed by atoms with Crippen LogP contribution in [0.25, 0.3) is 0 Å². The highest BCUT2D eigenvalue weighted by Crippen LogP contribution is 2.19. The van der Waals surface area contributed by atoms with E-state index in [1.54, 1.807) is 27.7 Å². The second kappa shape index (κ2) is 4.82. The Balaban J connectivity index is 2.80. The first-order valence-corrected chi connectivity index (χ1v) is 5.47. The van der Waals surface area contributed by atoms with Gasteiger partial charge in [-0.3, -0.25) is 4.79 Å². The zero-order chi connectivity index (χ0) is 13.2. The SMILES string of the molecule is CC(NC(=O)C(C)(C)C)c1ccc(F)c(F)c1. The Labute approximate surface area is 100 Å². The van der Waals surface area contributed by atoms with Crippen LogP contribution in [0.4, 0.5) is 8.78 Å². The lowest BCUT2D eigenvalue weighted by molar-refractivity contribution is -0.129. The third-order valence-corrected chi connectivity index (χ3v) is 2.47. The van der Waals surface area contributed by atoms with E-state index >= 15 is 0 Å². The van der Waals surface area contributed by atoms with E-state index in [9.17, 15) is 13.6 Å². The first-order chi connectivity index (χ1) is 7.71. The van der Waals surface area contributed by atoms with E-state index in [2.05, 4.69) is 5.32 Å². The van der Waals surface area contributed by atoms with Gasteiger partial charge < -0.3 is 5.32 Å². The lowest BCUT2D eigenvalue weighted by atomic mass is 9.94. The zero-order valence-corrected chi connectivity index (χ0v) is 10.5. The molecule has 0 aliphatic heterocycles. The van der Waals surface area contributed by atoms with Crippen LogP contribution in [0, 0.1) is 17.0 Å². The van der Waals surface area contributed by atoms with E-state index in [4.69, 9.17) is 0 Å². The third kappa shape index (κ3) is 3.51. The largest absolute Gasteiger partial charge is 0.349 e. The quantitative estimate of drug-likeness (QED) is 0.846. The smallest absolute Gasteiger partial charge is 0.225 e. The summed E-state index contributed by atoms with van der Waals surface area (Å²) in [5.41, 5.74) is 0.0359. The molecule has 1 rings (SSSR count). The van der Waals surface area contributed by atoms with Gasteiger partial charge in [-0.2, -0.15) is 0 Å². The monoisotopic (exact) mass is 241 g/mol. The summed E-state index contributed by atoms with van der Waals surface area (Å²) >= 11 is 0. The Kier molecular flexibility index (Phi) is 3.86. The van der Waals surface area contributed by atoms with Crippen LogP contribution in [-0.4, -0.2) is 5.91 Å². The number of hydrogen-bond donors (Lipinski definition) is 1. The van der Waals surface area contributed by atoms with E-state index in [0.717, 1.165) is 12.1 Å². The second-order valence-electron chi connectivity index (χ2n) is 5.12. The fraction of sp³-hybridized carbons (Fsp3) is 0.462. The number of hydrogen-bond acceptors (Lipinski definition) is 1. The first-order valence-electron chi connectivity index (χ1n) is 5.47. The molecule has 0 saturated carbocycles. The van der Waals surface area contributed by atoms with Gasteiger partial charge in [0.1, 0.15) is 0 Å². The topological polar surface area (TPSA) is 29.1 Å². The van der Waals surface area contributed by atoms with E-state index in [1.807, 2.05) is 0 Å². The predicted molar refractivity (Wildman–Crippen MR) is 62.4 cm³/mol. The Morgan fingerprint density at radius 1 is 1.24 bits per heavy atom. The molecule has 0 aliphatic carbocycles. The molecule has 0 radical (unpaired) electrons. The molecule has 17 heavy (non-hydrogen) atoms. The van der Waals surface area contributed by atoms with Crippen molar-refractivity contribution in [3.8, 4) is 0 Å². The molecular weight excluding hydrogens is 224 g/mol. The van der Waals surface area contributed by atoms with Gasteiger partial charge in [0, 0.05) is 5.41 Å². The standard InChI is InChI=1S/C13H17F2NO/c1-8(16-12(17)13(2,3)4)9-5-6-10(14)11(15)7-9/h5-8H,1-4H3,(H,16,17). The minimum Gasteiger partial charge on any atom is -0.349 e. The molecule has 0 saturated heterocycles. The number of halogens is 2. The van der Waals surface area contributed by atoms with Crippen LogP contribution >= 0.6 is 0 Å². The van der Waals surface area contributed by atoms with Crippen molar-refractivity contribution in [1.29, 1.82) is 0 Å². The van der Waals surface area contributed by atoms with Crippen LogP contribution in [0.15, 0.2) is 18.2 Å². The maximum absolute atomic E-state index is 13.0. The number of carbonyl (C=O) groups excluding carboxylic acids is 1. The molecule has 0 aromatic heterocycles. The lowest BCUT2D eigenvalue weighted by Crippen LogP contribution is -2.36. The summed E-state index contributed by atoms with van der Waals surface area (Å²) in [6.07, 6.45) is 0. The summed E-state index contributed by atoms with van der Waals surface area (Å²) < 4.78 is 25.8. The van der Waals surface area contributed by atoms with Crippen molar-refractivity contribution >= 4 is 5.91 Å². The molecule has 4 heteroatoms. The molecule has 1 amide bonds. The van der Waals surface area contributed by atoms with Crippen molar-refractivity contribution in [3.05, 3.63) is 35.4 Å². The molecular formula is C13H17F2NO. The maximum atomic E-state index is 13.0. The van der Waals surface area contributed by atoms with Crippen LogP contribution in [0.5, 0.6) is 0 Å². The maximum Gasteiger partial charge on any atom is 0.225 e. The predicted octanol–water partition coefficient (Wildman–Crippen LogP) is 3.19. The van der Waals surface area contributed by atoms with Crippen molar-refractivity contribution < 1.29 is 13.6 Å². The van der Waals surface area contributed by atoms with E-state index in [0.29, 0.717) is 5.56 Å². The number of amides is 1. The highest BCUT2D eigenvalue weighted by Gasteiger charge is 2.23. The van der Waals surface area contributed by atoms with Crippen LogP contribution in [0.2, 0.25) is 0 Å². The second-order valence-corrected chi connectivity index (χ2v) is 5.12. The van der Waals surface area contributed by atoms with Crippen molar-refractivity contribution in [2.24, 2.45) is 5.41 Å². The van der Waals surface area contributed by atoms with Gasteiger partial charge in [-0.25, -0.2) is 8.78 Å². The van der Waals surface area contributed by atoms with Crippen molar-refractivity contribution in [1.82, 2.24) is 5.32 Å². The Morgan fingerprint density at radius 2 is 1.82 bits per heavy atom. The van der Waals surface area contributed by atoms with Gasteiger partial charge in [0.2, 0.25) is 5.91 Å². The molecule has 0 fully saturated rings. The average molecular weight is 241 g/mol. The Morgan fingerprint density at radius 3 is 2.29 bits per heavy atom. The Hall–Kier alpha value is -1.45. The third-order valence-electron chi connectivity index (χ3n) is 2.47. The molecule has 1 aromatic carbocycles. The van der Waals surface area contributed by atoms with E-state index < -0.39 is 17.0 Å². The van der Waals surface area contributed by atoms with Crippen molar-refractivity contribution in [2.45, 2.75) is 33.7 Å². The lowest BCUT2D eigenvalue weighted by Gasteiger charge is -2.22. The van der Waals surface area contributed by atoms with Gasteiger partial charge in [0.25, 0.3) is 0 Å². The summed E-state index contributed by atoms with van der Waals surface area (Å²) in [7, 11) is 0. The Bertz CT molecular complexity index is 424. The van der Waals surface area contributed by atoms with Gasteiger partial charge in [-0.15, -0.1) is 0 Å². The number of carbonyl (C=O) groups is 1. The molecule has 2 nitrogen and oxygen atoms in total. The fourth-order valence-corrected chi connectivity index (χ4v) is 1.28. The molecule has 0 bridgehead atoms. The van der Waals surface area contributed by atoms with Gasteiger partial charge in [0.05, 0.1) is 6.04 Å². The fourth-order valence-electron chi connectivity index (χ4n) is 1.28. The average Bonchev–Trinajstić information content (AvgIpc) is 2.20. The van der Waals surface area contributed by atoms with Crippen LogP contribution in [0.1, 0.15) is 39.3 Å². The van der Waals surface area contributed by atoms with Gasteiger partial charge in [0.15, 0.2) is 11.6 Å². The molecule has 1 atom stereocenters. The minimum absolute atomic E-state index is 0.130. The highest BCUT2D eigenvalue weighted by molar-refractivity contribution is 5.81. The summed E-state index contributed by atoms with van der Waals surface area (Å²) in [5.74, 6) is -1.92. The summed E-state index contributed by atoms with van der Waals surface area (Å²) in [5, 5.41) is 2.75. The van der Waals surface area contributed by atoms with Crippen LogP contribution in [0.3, 0.4) is 0 Å². The van der Waals surface area contributed by atoms with Crippen molar-refractivity contribution in [2.75, 3.05) is 0 Å². The number of benzene rings is 1. The molecule has 1 N–H and O–H groups in total. The van der Waals surface area contributed by atoms with Gasteiger partial charge in [-0.1, -0.05) is 26.8 Å². The number of nitrogens with one attached hydrogen (secondary N) is 1. The van der Waals surface area contributed by atoms with Gasteiger partial charge in [-0.05, 0) is 24.6 Å². The van der Waals surface area contributed by atoms with Crippen molar-refractivity contribution in [3.63, 3.8) is 0 Å². The van der Waals surface area contributed by atoms with Crippen LogP contribution < -0.4 is 5.32 Å². The van der Waals surface area contributed by atoms with Crippen LogP contribution in [-0.2, 0) is 4.79 Å². The van der Waals surface area contributed by atoms with Gasteiger partial charge >= 0.3 is 0 Å².